The van der Waals surface area contributed by atoms with Gasteiger partial charge < -0.3 is 14.6 Å². The van der Waals surface area contributed by atoms with E-state index in [0.29, 0.717) is 15.6 Å². The fourth-order valence-corrected chi connectivity index (χ4v) is 7.41. The van der Waals surface area contributed by atoms with Crippen molar-refractivity contribution in [1.29, 1.82) is 0 Å². The van der Waals surface area contributed by atoms with Gasteiger partial charge in [0.2, 0.25) is 5.91 Å². The first-order valence-electron chi connectivity index (χ1n) is 14.6. The summed E-state index contributed by atoms with van der Waals surface area (Å²) in [5, 5.41) is 10.9. The molecule has 1 unspecified atom stereocenters. The largest absolute Gasteiger partial charge is 0.760 e. The highest BCUT2D eigenvalue weighted by molar-refractivity contribution is 7.76. The summed E-state index contributed by atoms with van der Waals surface area (Å²) in [6.45, 7) is 1.70. The van der Waals surface area contributed by atoms with Crippen molar-refractivity contribution in [2.45, 2.75) is 57.0 Å². The molecule has 44 heavy (non-hydrogen) atoms. The lowest BCUT2D eigenvalue weighted by Gasteiger charge is -2.52. The normalized spacial score (nSPS) is 23.5. The molecule has 1 aliphatic heterocycles. The zero-order valence-electron chi connectivity index (χ0n) is 24.2. The van der Waals surface area contributed by atoms with E-state index in [2.05, 4.69) is 0 Å². The summed E-state index contributed by atoms with van der Waals surface area (Å²) in [4.78, 5) is 28.5. The molecule has 1 saturated heterocycles. The minimum absolute atomic E-state index is 0.00349. The maximum absolute atomic E-state index is 14.6. The van der Waals surface area contributed by atoms with Crippen LogP contribution in [0.4, 0.5) is 4.39 Å². The van der Waals surface area contributed by atoms with Crippen LogP contribution in [0.3, 0.4) is 0 Å². The number of aliphatic carboxylic acids is 1. The molecule has 0 aromatic heterocycles. The second-order valence-corrected chi connectivity index (χ2v) is 13.9. The lowest BCUT2D eigenvalue weighted by atomic mass is 9.67. The fraction of sp³-hybridized carbons (Fsp3) is 0.394. The lowest BCUT2D eigenvalue weighted by molar-refractivity contribution is -0.161. The quantitative estimate of drug-likeness (QED) is 0.216. The highest BCUT2D eigenvalue weighted by atomic mass is 35.5. The molecule has 1 saturated carbocycles. The number of benzene rings is 3. The summed E-state index contributed by atoms with van der Waals surface area (Å²) < 4.78 is 40.7. The Bertz CT molecular complexity index is 1540. The molecule has 5 rings (SSSR count). The number of carboxylic acid groups (broad SMARTS) is 1. The molecule has 3 aromatic carbocycles. The molecular weight excluding hydrogens is 626 g/mol. The van der Waals surface area contributed by atoms with Gasteiger partial charge in [-0.1, -0.05) is 72.6 Å². The van der Waals surface area contributed by atoms with Crippen molar-refractivity contribution >= 4 is 46.3 Å². The van der Waals surface area contributed by atoms with Gasteiger partial charge in [-0.15, -0.1) is 0 Å². The molecule has 7 nitrogen and oxygen atoms in total. The first-order chi connectivity index (χ1) is 21.0. The van der Waals surface area contributed by atoms with Crippen LogP contribution in [0.1, 0.15) is 61.3 Å². The molecule has 1 heterocycles. The number of piperidine rings is 1. The average Bonchev–Trinajstić information content (AvgIpc) is 3.81. The molecule has 234 valence electrons. The summed E-state index contributed by atoms with van der Waals surface area (Å²) in [6, 6.07) is 19.7. The molecule has 2 fully saturated rings. The Morgan fingerprint density at radius 2 is 1.80 bits per heavy atom. The van der Waals surface area contributed by atoms with Gasteiger partial charge in [-0.3, -0.25) is 13.8 Å². The van der Waals surface area contributed by atoms with E-state index in [1.807, 2.05) is 30.3 Å². The van der Waals surface area contributed by atoms with E-state index in [-0.39, 0.29) is 50.1 Å². The monoisotopic (exact) mass is 659 g/mol. The van der Waals surface area contributed by atoms with Crippen LogP contribution in [0.25, 0.3) is 0 Å². The second-order valence-electron chi connectivity index (χ2n) is 12.1. The van der Waals surface area contributed by atoms with Crippen molar-refractivity contribution < 1.29 is 27.8 Å². The van der Waals surface area contributed by atoms with Crippen molar-refractivity contribution in [2.24, 2.45) is 11.3 Å². The number of hydrogen-bond donors (Lipinski definition) is 1. The van der Waals surface area contributed by atoms with Crippen LogP contribution in [-0.4, -0.2) is 54.1 Å². The Morgan fingerprint density at radius 1 is 1.09 bits per heavy atom. The van der Waals surface area contributed by atoms with Crippen LogP contribution in [0.5, 0.6) is 0 Å². The predicted octanol–water partition coefficient (Wildman–Crippen LogP) is 6.79. The van der Waals surface area contributed by atoms with Gasteiger partial charge >= 0.3 is 5.97 Å². The third kappa shape index (κ3) is 7.35. The standard InChI is InChI=1S/C33H35Cl2FN2O5S/c1-33(19-30(39)40)18-27(24-6-4-7-26(35)17-24)31(23-11-13-25(34)14-12-23)38(32(33)41)29(22-9-10-22)20-37(44(42)43)16-15-21-5-2-3-8-28(21)36/h2-8,11-14,17,22,27,29,31H,9-10,15-16,18-20H2,1H3,(H,39,40)(H,42,43)/p-1/t27-,29-,31-,33-/m1/s1. The van der Waals surface area contributed by atoms with Crippen LogP contribution in [0.2, 0.25) is 10.0 Å². The molecule has 2 aliphatic rings. The second kappa shape index (κ2) is 13.7. The lowest BCUT2D eigenvalue weighted by Crippen LogP contribution is -2.59. The highest BCUT2D eigenvalue weighted by Gasteiger charge is 2.54. The van der Waals surface area contributed by atoms with Crippen molar-refractivity contribution in [2.75, 3.05) is 13.1 Å². The predicted molar refractivity (Wildman–Crippen MR) is 167 cm³/mol. The number of amides is 1. The van der Waals surface area contributed by atoms with E-state index in [0.717, 1.165) is 24.0 Å². The summed E-state index contributed by atoms with van der Waals surface area (Å²) >= 11 is 10.0. The maximum atomic E-state index is 14.6. The molecule has 11 heteroatoms. The molecule has 1 N–H and O–H groups in total. The Kier molecular flexibility index (Phi) is 10.1. The maximum Gasteiger partial charge on any atom is 0.304 e. The van der Waals surface area contributed by atoms with Gasteiger partial charge in [0.15, 0.2) is 0 Å². The summed E-state index contributed by atoms with van der Waals surface area (Å²) in [5.74, 6) is -2.17. The average molecular weight is 661 g/mol. The number of likely N-dealkylation sites (tertiary alicyclic amines) is 1. The van der Waals surface area contributed by atoms with Crippen molar-refractivity contribution in [1.82, 2.24) is 9.21 Å². The zero-order valence-corrected chi connectivity index (χ0v) is 26.5. The van der Waals surface area contributed by atoms with E-state index in [1.54, 1.807) is 48.2 Å². The van der Waals surface area contributed by atoms with E-state index >= 15 is 0 Å². The topological polar surface area (TPSA) is 101 Å². The third-order valence-electron chi connectivity index (χ3n) is 8.85. The Balaban J connectivity index is 1.59. The van der Waals surface area contributed by atoms with Gasteiger partial charge in [-0.2, -0.15) is 0 Å². The van der Waals surface area contributed by atoms with Crippen LogP contribution in [-0.2, 0) is 27.3 Å². The fourth-order valence-electron chi connectivity index (χ4n) is 6.57. The van der Waals surface area contributed by atoms with Crippen LogP contribution < -0.4 is 0 Å². The minimum Gasteiger partial charge on any atom is -0.760 e. The van der Waals surface area contributed by atoms with Crippen LogP contribution in [0.15, 0.2) is 72.8 Å². The molecule has 1 aliphatic carbocycles. The molecule has 3 aromatic rings. The van der Waals surface area contributed by atoms with Crippen LogP contribution >= 0.6 is 23.2 Å². The Labute approximate surface area is 269 Å². The summed E-state index contributed by atoms with van der Waals surface area (Å²) in [6.07, 6.45) is 1.63. The molecule has 5 atom stereocenters. The molecule has 0 bridgehead atoms. The van der Waals surface area contributed by atoms with Gasteiger partial charge in [0.25, 0.3) is 0 Å². The minimum atomic E-state index is -2.65. The number of halogens is 3. The Hall–Kier alpha value is -2.82. The third-order valence-corrected chi connectivity index (χ3v) is 10.1. The van der Waals surface area contributed by atoms with Gasteiger partial charge in [0.1, 0.15) is 5.82 Å². The van der Waals surface area contributed by atoms with Crippen molar-refractivity contribution in [3.8, 4) is 0 Å². The summed E-state index contributed by atoms with van der Waals surface area (Å²) in [7, 11) is 0. The zero-order chi connectivity index (χ0) is 31.6. The van der Waals surface area contributed by atoms with Gasteiger partial charge in [0, 0.05) is 46.4 Å². The van der Waals surface area contributed by atoms with Gasteiger partial charge in [-0.25, -0.2) is 8.70 Å². The SMILES string of the molecule is C[C@]1(CC(=O)O)C[C@H](c2cccc(Cl)c2)[C@@H](c2ccc(Cl)cc2)N([C@H](CN(CCc2ccccc2F)S(=O)[O-])C2CC2)C1=O. The number of hydrogen-bond acceptors (Lipinski definition) is 4. The number of carbonyl (C=O) groups excluding carboxylic acids is 1. The van der Waals surface area contributed by atoms with Gasteiger partial charge in [0.05, 0.1) is 17.9 Å². The Morgan fingerprint density at radius 3 is 2.41 bits per heavy atom. The van der Waals surface area contributed by atoms with Crippen LogP contribution in [0, 0.1) is 17.2 Å². The van der Waals surface area contributed by atoms with Crippen molar-refractivity contribution in [3.63, 3.8) is 0 Å². The molecule has 0 radical (unpaired) electrons. The van der Waals surface area contributed by atoms with Gasteiger partial charge in [-0.05, 0) is 78.6 Å². The van der Waals surface area contributed by atoms with E-state index in [9.17, 15) is 27.8 Å². The smallest absolute Gasteiger partial charge is 0.304 e. The first-order valence-corrected chi connectivity index (χ1v) is 16.4. The van der Waals surface area contributed by atoms with E-state index in [4.69, 9.17) is 23.2 Å². The molecule has 1 amide bonds. The highest BCUT2D eigenvalue weighted by Crippen LogP contribution is 2.54. The van der Waals surface area contributed by atoms with E-state index < -0.39 is 40.6 Å². The summed E-state index contributed by atoms with van der Waals surface area (Å²) in [5.41, 5.74) is 0.791. The first kappa shape index (κ1) is 32.6. The number of nitrogens with zero attached hydrogens (tertiary/aromatic N) is 2. The number of carboxylic acids is 1. The molecule has 0 spiro atoms. The molecular formula is C33H34Cl2FN2O5S-. The van der Waals surface area contributed by atoms with E-state index in [1.165, 1.54) is 10.4 Å². The van der Waals surface area contributed by atoms with Crippen molar-refractivity contribution in [3.05, 3.63) is 105 Å². The number of carbonyl (C=O) groups is 2. The number of rotatable bonds is 12.